The van der Waals surface area contributed by atoms with E-state index in [4.69, 9.17) is 0 Å². The summed E-state index contributed by atoms with van der Waals surface area (Å²) in [5.74, 6) is -0.295. The third-order valence-corrected chi connectivity index (χ3v) is 5.44. The zero-order chi connectivity index (χ0) is 15.5. The number of amides is 1. The fraction of sp³-hybridized carbons (Fsp3) is 0.500. The van der Waals surface area contributed by atoms with Crippen LogP contribution in [-0.4, -0.2) is 55.8 Å². The van der Waals surface area contributed by atoms with Crippen molar-refractivity contribution in [1.82, 2.24) is 19.9 Å². The van der Waals surface area contributed by atoms with Gasteiger partial charge in [0, 0.05) is 43.0 Å². The molecule has 0 saturated carbocycles. The molecule has 0 spiro atoms. The molecule has 1 saturated heterocycles. The van der Waals surface area contributed by atoms with Crippen molar-refractivity contribution < 1.29 is 13.2 Å². The molecule has 0 aliphatic carbocycles. The van der Waals surface area contributed by atoms with E-state index in [2.05, 4.69) is 31.5 Å². The van der Waals surface area contributed by atoms with E-state index in [0.29, 0.717) is 24.1 Å². The number of pyridine rings is 1. The van der Waals surface area contributed by atoms with E-state index in [-0.39, 0.29) is 17.3 Å². The van der Waals surface area contributed by atoms with Crippen LogP contribution in [0.15, 0.2) is 27.8 Å². The Morgan fingerprint density at radius 2 is 2.33 bits per heavy atom. The lowest BCUT2D eigenvalue weighted by atomic mass is 10.2. The van der Waals surface area contributed by atoms with Crippen LogP contribution in [0.5, 0.6) is 0 Å². The highest BCUT2D eigenvalue weighted by Crippen LogP contribution is 2.21. The van der Waals surface area contributed by atoms with Gasteiger partial charge >= 0.3 is 0 Å². The van der Waals surface area contributed by atoms with Crippen molar-refractivity contribution in [3.63, 3.8) is 0 Å². The van der Waals surface area contributed by atoms with Crippen molar-refractivity contribution in [3.05, 3.63) is 22.9 Å². The van der Waals surface area contributed by atoms with Crippen LogP contribution in [0.2, 0.25) is 0 Å². The van der Waals surface area contributed by atoms with Crippen molar-refractivity contribution in [2.75, 3.05) is 26.2 Å². The van der Waals surface area contributed by atoms with Gasteiger partial charge in [-0.05, 0) is 28.9 Å². The van der Waals surface area contributed by atoms with Crippen LogP contribution in [0.1, 0.15) is 6.92 Å². The van der Waals surface area contributed by atoms with Gasteiger partial charge in [0.1, 0.15) is 10.9 Å². The molecule has 2 heterocycles. The number of nitrogens with one attached hydrogen (secondary N) is 2. The monoisotopic (exact) mass is 376 g/mol. The molecule has 1 amide bonds. The van der Waals surface area contributed by atoms with E-state index in [1.807, 2.05) is 0 Å². The van der Waals surface area contributed by atoms with Crippen LogP contribution in [-0.2, 0) is 14.8 Å². The topological polar surface area (TPSA) is 91.4 Å². The van der Waals surface area contributed by atoms with E-state index >= 15 is 0 Å². The number of halogens is 1. The molecule has 1 aliphatic rings. The molecule has 0 bridgehead atoms. The molecule has 1 aromatic heterocycles. The van der Waals surface area contributed by atoms with E-state index in [0.717, 1.165) is 0 Å². The summed E-state index contributed by atoms with van der Waals surface area (Å²) in [4.78, 5) is 16.0. The van der Waals surface area contributed by atoms with E-state index < -0.39 is 16.1 Å². The summed E-state index contributed by atoms with van der Waals surface area (Å²) in [5, 5.41) is 5.72. The zero-order valence-electron chi connectivity index (χ0n) is 11.5. The number of hydrogen-bond acceptors (Lipinski definition) is 5. The van der Waals surface area contributed by atoms with Gasteiger partial charge in [-0.15, -0.1) is 0 Å². The number of likely N-dealkylation sites (N-methyl/N-ethyl adjacent to an activating group) is 1. The predicted octanol–water partition coefficient (Wildman–Crippen LogP) is -0.0573. The first-order valence-electron chi connectivity index (χ1n) is 6.57. The summed E-state index contributed by atoms with van der Waals surface area (Å²) in [5.41, 5.74) is 0. The number of carbonyl (C=O) groups is 1. The number of nitrogens with zero attached hydrogens (tertiary/aromatic N) is 2. The quantitative estimate of drug-likeness (QED) is 0.768. The largest absolute Gasteiger partial charge is 0.355 e. The smallest absolute Gasteiger partial charge is 0.245 e. The molecule has 1 unspecified atom stereocenters. The number of aromatic nitrogens is 1. The molecule has 2 N–H and O–H groups in total. The van der Waals surface area contributed by atoms with Gasteiger partial charge in [-0.3, -0.25) is 9.78 Å². The summed E-state index contributed by atoms with van der Waals surface area (Å²) >= 11 is 3.21. The Morgan fingerprint density at radius 1 is 1.57 bits per heavy atom. The second kappa shape index (κ2) is 6.82. The second-order valence-corrected chi connectivity index (χ2v) is 7.38. The fourth-order valence-electron chi connectivity index (χ4n) is 2.16. The van der Waals surface area contributed by atoms with Crippen LogP contribution in [0.25, 0.3) is 0 Å². The molecular formula is C12H17BrN4O3S. The molecule has 0 aromatic carbocycles. The average Bonchev–Trinajstić information content (AvgIpc) is 2.47. The maximum Gasteiger partial charge on any atom is 0.245 e. The molecule has 2 rings (SSSR count). The Balaban J connectivity index is 2.34. The van der Waals surface area contributed by atoms with Crippen molar-refractivity contribution in [2.24, 2.45) is 0 Å². The summed E-state index contributed by atoms with van der Waals surface area (Å²) < 4.78 is 27.2. The lowest BCUT2D eigenvalue weighted by molar-refractivity contribution is -0.125. The normalized spacial score (nSPS) is 20.2. The fourth-order valence-corrected chi connectivity index (χ4v) is 4.25. The molecule has 9 heteroatoms. The Hall–Kier alpha value is -1.03. The third kappa shape index (κ3) is 3.60. The van der Waals surface area contributed by atoms with Crippen molar-refractivity contribution >= 4 is 31.9 Å². The Morgan fingerprint density at radius 3 is 3.00 bits per heavy atom. The predicted molar refractivity (Wildman–Crippen MR) is 81.2 cm³/mol. The van der Waals surface area contributed by atoms with E-state index in [1.165, 1.54) is 22.8 Å². The summed E-state index contributed by atoms with van der Waals surface area (Å²) in [7, 11) is -3.76. The molecule has 21 heavy (non-hydrogen) atoms. The van der Waals surface area contributed by atoms with Crippen LogP contribution in [0.3, 0.4) is 0 Å². The Kier molecular flexibility index (Phi) is 5.31. The average molecular weight is 377 g/mol. The van der Waals surface area contributed by atoms with Crippen LogP contribution in [0.4, 0.5) is 0 Å². The number of sulfonamides is 1. The molecule has 1 aromatic rings. The highest BCUT2D eigenvalue weighted by atomic mass is 79.9. The molecule has 1 atom stereocenters. The SMILES string of the molecule is CCNC(=O)C1CNCCN1S(=O)(=O)c1cncc(Br)c1. The lowest BCUT2D eigenvalue weighted by Crippen LogP contribution is -2.59. The highest BCUT2D eigenvalue weighted by Gasteiger charge is 2.37. The van der Waals surface area contributed by atoms with Gasteiger partial charge in [0.05, 0.1) is 0 Å². The number of carbonyl (C=O) groups excluding carboxylic acids is 1. The minimum atomic E-state index is -3.76. The van der Waals surface area contributed by atoms with Gasteiger partial charge in [0.2, 0.25) is 15.9 Å². The standard InChI is InChI=1S/C12H17BrN4O3S/c1-2-16-12(18)11-8-14-3-4-17(11)21(19,20)10-5-9(13)6-15-7-10/h5-7,11,14H,2-4,8H2,1H3,(H,16,18). The van der Waals surface area contributed by atoms with Gasteiger partial charge in [-0.25, -0.2) is 8.42 Å². The highest BCUT2D eigenvalue weighted by molar-refractivity contribution is 9.10. The van der Waals surface area contributed by atoms with Gasteiger partial charge < -0.3 is 10.6 Å². The maximum absolute atomic E-state index is 12.7. The first-order chi connectivity index (χ1) is 9.96. The van der Waals surface area contributed by atoms with Crippen molar-refractivity contribution in [3.8, 4) is 0 Å². The summed E-state index contributed by atoms with van der Waals surface area (Å²) in [6.07, 6.45) is 2.80. The Bertz CT molecular complexity index is 623. The first-order valence-corrected chi connectivity index (χ1v) is 8.81. The summed E-state index contributed by atoms with van der Waals surface area (Å²) in [6.45, 7) is 3.31. The lowest BCUT2D eigenvalue weighted by Gasteiger charge is -2.34. The van der Waals surface area contributed by atoms with Crippen molar-refractivity contribution in [2.45, 2.75) is 17.9 Å². The number of hydrogen-bond donors (Lipinski definition) is 2. The third-order valence-electron chi connectivity index (χ3n) is 3.13. The van der Waals surface area contributed by atoms with Gasteiger partial charge in [0.25, 0.3) is 0 Å². The van der Waals surface area contributed by atoms with Crippen molar-refractivity contribution in [1.29, 1.82) is 0 Å². The van der Waals surface area contributed by atoms with Crippen LogP contribution >= 0.6 is 15.9 Å². The molecule has 1 aliphatic heterocycles. The molecule has 116 valence electrons. The number of piperazine rings is 1. The second-order valence-electron chi connectivity index (χ2n) is 4.57. The minimum Gasteiger partial charge on any atom is -0.355 e. The molecule has 0 radical (unpaired) electrons. The van der Waals surface area contributed by atoms with Gasteiger partial charge in [-0.1, -0.05) is 0 Å². The van der Waals surface area contributed by atoms with Crippen LogP contribution < -0.4 is 10.6 Å². The molecule has 7 nitrogen and oxygen atoms in total. The number of rotatable bonds is 4. The Labute approximate surface area is 132 Å². The molecule has 1 fully saturated rings. The van der Waals surface area contributed by atoms with Gasteiger partial charge in [0.15, 0.2) is 0 Å². The van der Waals surface area contributed by atoms with E-state index in [1.54, 1.807) is 6.92 Å². The molecular weight excluding hydrogens is 360 g/mol. The van der Waals surface area contributed by atoms with E-state index in [9.17, 15) is 13.2 Å². The summed E-state index contributed by atoms with van der Waals surface area (Å²) in [6, 6.07) is 0.738. The minimum absolute atomic E-state index is 0.0769. The first kappa shape index (κ1) is 16.3. The van der Waals surface area contributed by atoms with Crippen LogP contribution in [0, 0.1) is 0 Å². The maximum atomic E-state index is 12.7. The zero-order valence-corrected chi connectivity index (χ0v) is 13.9. The van der Waals surface area contributed by atoms with Gasteiger partial charge in [-0.2, -0.15) is 4.31 Å².